The van der Waals surface area contributed by atoms with Crippen LogP contribution in [0.3, 0.4) is 0 Å². The number of amides is 1. The van der Waals surface area contributed by atoms with Crippen molar-refractivity contribution in [1.82, 2.24) is 4.98 Å². The zero-order valence-electron chi connectivity index (χ0n) is 9.47. The van der Waals surface area contributed by atoms with Crippen LogP contribution in [-0.2, 0) is 4.79 Å². The van der Waals surface area contributed by atoms with E-state index < -0.39 is 0 Å². The number of nitrogens with one attached hydrogen (secondary N) is 1. The Balaban J connectivity index is 1.88. The molecule has 4 nitrogen and oxygen atoms in total. The smallest absolute Gasteiger partial charge is 0.263 e. The van der Waals surface area contributed by atoms with Gasteiger partial charge in [0.15, 0.2) is 6.61 Å². The Labute approximate surface area is 110 Å². The Hall–Kier alpha value is -2.07. The third-order valence-electron chi connectivity index (χ3n) is 2.13. The van der Waals surface area contributed by atoms with Gasteiger partial charge in [0, 0.05) is 6.20 Å². The molecule has 5 heteroatoms. The fourth-order valence-electron chi connectivity index (χ4n) is 1.32. The highest BCUT2D eigenvalue weighted by molar-refractivity contribution is 6.32. The molecule has 1 amide bonds. The molecule has 1 aromatic carbocycles. The van der Waals surface area contributed by atoms with E-state index in [1.54, 1.807) is 48.7 Å². The Bertz CT molecular complexity index is 532. The van der Waals surface area contributed by atoms with E-state index in [9.17, 15) is 4.79 Å². The molecule has 0 saturated heterocycles. The van der Waals surface area contributed by atoms with Crippen LogP contribution in [0, 0.1) is 0 Å². The maximum atomic E-state index is 11.6. The number of nitrogens with zero attached hydrogens (tertiary/aromatic N) is 1. The highest BCUT2D eigenvalue weighted by Crippen LogP contribution is 2.22. The predicted octanol–water partition coefficient (Wildman–Crippen LogP) is 2.75. The fourth-order valence-corrected chi connectivity index (χ4v) is 1.51. The molecule has 0 unspecified atom stereocenters. The number of ether oxygens (including phenoxy) is 1. The van der Waals surface area contributed by atoms with Crippen LogP contribution in [0.4, 0.5) is 5.82 Å². The first-order valence-electron chi connectivity index (χ1n) is 5.34. The Kier molecular flexibility index (Phi) is 4.15. The minimum Gasteiger partial charge on any atom is -0.482 e. The molecule has 0 spiro atoms. The number of carbonyl (C=O) groups is 1. The molecule has 18 heavy (non-hydrogen) atoms. The number of aromatic nitrogens is 1. The number of carbonyl (C=O) groups excluding carboxylic acids is 1. The number of hydrogen-bond donors (Lipinski definition) is 1. The molecule has 1 aromatic heterocycles. The molecular weight excluding hydrogens is 252 g/mol. The lowest BCUT2D eigenvalue weighted by Crippen LogP contribution is -2.20. The van der Waals surface area contributed by atoms with Crippen molar-refractivity contribution >= 4 is 23.3 Å². The highest BCUT2D eigenvalue weighted by Gasteiger charge is 2.05. The second kappa shape index (κ2) is 6.02. The van der Waals surface area contributed by atoms with Gasteiger partial charge in [-0.25, -0.2) is 4.98 Å². The van der Waals surface area contributed by atoms with Crippen LogP contribution in [0.5, 0.6) is 5.75 Å². The van der Waals surface area contributed by atoms with Crippen molar-refractivity contribution in [3.8, 4) is 5.75 Å². The first-order chi connectivity index (χ1) is 8.75. The average Bonchev–Trinajstić information content (AvgIpc) is 2.39. The van der Waals surface area contributed by atoms with Crippen LogP contribution in [-0.4, -0.2) is 17.5 Å². The van der Waals surface area contributed by atoms with Gasteiger partial charge in [0.25, 0.3) is 5.91 Å². The van der Waals surface area contributed by atoms with Crippen LogP contribution in [0.25, 0.3) is 0 Å². The van der Waals surface area contributed by atoms with Crippen LogP contribution < -0.4 is 10.1 Å². The first-order valence-corrected chi connectivity index (χ1v) is 5.72. The quantitative estimate of drug-likeness (QED) is 0.922. The van der Waals surface area contributed by atoms with Gasteiger partial charge in [-0.05, 0) is 24.3 Å². The van der Waals surface area contributed by atoms with E-state index in [-0.39, 0.29) is 12.5 Å². The molecule has 0 fully saturated rings. The second-order valence-corrected chi connectivity index (χ2v) is 3.89. The van der Waals surface area contributed by atoms with Crippen molar-refractivity contribution in [1.29, 1.82) is 0 Å². The molecule has 0 saturated carbocycles. The average molecular weight is 263 g/mol. The van der Waals surface area contributed by atoms with Crippen molar-refractivity contribution in [3.05, 3.63) is 53.7 Å². The summed E-state index contributed by atoms with van der Waals surface area (Å²) in [4.78, 5) is 15.6. The lowest BCUT2D eigenvalue weighted by molar-refractivity contribution is -0.118. The van der Waals surface area contributed by atoms with Gasteiger partial charge in [0.05, 0.1) is 5.02 Å². The monoisotopic (exact) mass is 262 g/mol. The molecule has 92 valence electrons. The standard InChI is InChI=1S/C13H11ClN2O2/c14-10-5-1-2-6-11(10)18-9-13(17)16-12-7-3-4-8-15-12/h1-8H,9H2,(H,15,16,17). The number of pyridine rings is 1. The third-order valence-corrected chi connectivity index (χ3v) is 2.44. The number of rotatable bonds is 4. The zero-order valence-corrected chi connectivity index (χ0v) is 10.2. The molecule has 0 atom stereocenters. The normalized spacial score (nSPS) is 9.83. The first kappa shape index (κ1) is 12.4. The van der Waals surface area contributed by atoms with Gasteiger partial charge in [-0.2, -0.15) is 0 Å². The van der Waals surface area contributed by atoms with E-state index in [0.717, 1.165) is 0 Å². The molecule has 0 aliphatic carbocycles. The molecule has 2 aromatic rings. The number of hydrogen-bond acceptors (Lipinski definition) is 3. The summed E-state index contributed by atoms with van der Waals surface area (Å²) in [7, 11) is 0. The Morgan fingerprint density at radius 3 is 2.72 bits per heavy atom. The summed E-state index contributed by atoms with van der Waals surface area (Å²) >= 11 is 5.90. The van der Waals surface area contributed by atoms with Crippen LogP contribution in [0.1, 0.15) is 0 Å². The summed E-state index contributed by atoms with van der Waals surface area (Å²) in [6.07, 6.45) is 1.60. The van der Waals surface area contributed by atoms with Gasteiger partial charge in [0.1, 0.15) is 11.6 Å². The molecule has 0 radical (unpaired) electrons. The van der Waals surface area contributed by atoms with Gasteiger partial charge in [-0.15, -0.1) is 0 Å². The topological polar surface area (TPSA) is 51.2 Å². The zero-order chi connectivity index (χ0) is 12.8. The minimum absolute atomic E-state index is 0.111. The van der Waals surface area contributed by atoms with Crippen LogP contribution >= 0.6 is 11.6 Å². The minimum atomic E-state index is -0.284. The summed E-state index contributed by atoms with van der Waals surface area (Å²) in [5, 5.41) is 3.09. The van der Waals surface area contributed by atoms with Crippen LogP contribution in [0.2, 0.25) is 5.02 Å². The molecule has 0 aliphatic heterocycles. The lowest BCUT2D eigenvalue weighted by Gasteiger charge is -2.07. The summed E-state index contributed by atoms with van der Waals surface area (Å²) in [5.74, 6) is 0.689. The van der Waals surface area contributed by atoms with Crippen molar-refractivity contribution in [2.75, 3.05) is 11.9 Å². The molecule has 0 aliphatic rings. The van der Waals surface area contributed by atoms with E-state index >= 15 is 0 Å². The van der Waals surface area contributed by atoms with E-state index in [2.05, 4.69) is 10.3 Å². The lowest BCUT2D eigenvalue weighted by atomic mass is 10.3. The summed E-state index contributed by atoms with van der Waals surface area (Å²) < 4.78 is 5.30. The van der Waals surface area contributed by atoms with Gasteiger partial charge in [-0.3, -0.25) is 4.79 Å². The summed E-state index contributed by atoms with van der Waals surface area (Å²) in [5.41, 5.74) is 0. The maximum absolute atomic E-state index is 11.6. The van der Waals surface area contributed by atoms with Gasteiger partial charge in [0.2, 0.25) is 0 Å². The molecule has 1 N–H and O–H groups in total. The Morgan fingerprint density at radius 2 is 2.00 bits per heavy atom. The van der Waals surface area contributed by atoms with Crippen molar-refractivity contribution < 1.29 is 9.53 Å². The Morgan fingerprint density at radius 1 is 1.22 bits per heavy atom. The summed E-state index contributed by atoms with van der Waals surface area (Å²) in [6.45, 7) is -0.111. The fraction of sp³-hybridized carbons (Fsp3) is 0.0769. The molecule has 0 bridgehead atoms. The van der Waals surface area contributed by atoms with E-state index in [0.29, 0.717) is 16.6 Å². The van der Waals surface area contributed by atoms with E-state index in [1.807, 2.05) is 0 Å². The van der Waals surface area contributed by atoms with Crippen molar-refractivity contribution in [3.63, 3.8) is 0 Å². The second-order valence-electron chi connectivity index (χ2n) is 3.48. The summed E-state index contributed by atoms with van der Waals surface area (Å²) in [6, 6.07) is 12.3. The third kappa shape index (κ3) is 3.46. The number of anilines is 1. The van der Waals surface area contributed by atoms with Crippen molar-refractivity contribution in [2.45, 2.75) is 0 Å². The highest BCUT2D eigenvalue weighted by atomic mass is 35.5. The van der Waals surface area contributed by atoms with E-state index in [4.69, 9.17) is 16.3 Å². The van der Waals surface area contributed by atoms with Crippen molar-refractivity contribution in [2.24, 2.45) is 0 Å². The molecule has 1 heterocycles. The SMILES string of the molecule is O=C(COc1ccccc1Cl)Nc1ccccn1. The predicted molar refractivity (Wildman–Crippen MR) is 69.8 cm³/mol. The number of para-hydroxylation sites is 1. The van der Waals surface area contributed by atoms with E-state index in [1.165, 1.54) is 0 Å². The molecular formula is C13H11ClN2O2. The molecule has 2 rings (SSSR count). The van der Waals surface area contributed by atoms with Gasteiger partial charge in [-0.1, -0.05) is 29.8 Å². The maximum Gasteiger partial charge on any atom is 0.263 e. The number of halogens is 1. The van der Waals surface area contributed by atoms with Gasteiger partial charge < -0.3 is 10.1 Å². The number of benzene rings is 1. The van der Waals surface area contributed by atoms with Gasteiger partial charge >= 0.3 is 0 Å². The van der Waals surface area contributed by atoms with Crippen LogP contribution in [0.15, 0.2) is 48.7 Å². The largest absolute Gasteiger partial charge is 0.482 e.